The molecule has 0 spiro atoms. The lowest BCUT2D eigenvalue weighted by Gasteiger charge is -2.04. The molecule has 1 aromatic heterocycles. The Bertz CT molecular complexity index is 231. The van der Waals surface area contributed by atoms with E-state index in [4.69, 9.17) is 16.3 Å². The molecule has 78 valence electrons. The van der Waals surface area contributed by atoms with Crippen LogP contribution in [0.3, 0.4) is 0 Å². The Labute approximate surface area is 89.4 Å². The van der Waals surface area contributed by atoms with Crippen LogP contribution in [0.5, 0.6) is 0 Å². The number of nitrogens with zero attached hydrogens (tertiary/aromatic N) is 1. The zero-order valence-electron chi connectivity index (χ0n) is 8.08. The molecule has 0 aliphatic carbocycles. The van der Waals surface area contributed by atoms with Crippen LogP contribution < -0.4 is 5.32 Å². The van der Waals surface area contributed by atoms with E-state index in [1.54, 1.807) is 6.20 Å². The average Bonchev–Trinajstić information content (AvgIpc) is 2.25. The van der Waals surface area contributed by atoms with Gasteiger partial charge in [-0.1, -0.05) is 6.07 Å². The van der Waals surface area contributed by atoms with E-state index in [2.05, 4.69) is 10.3 Å². The van der Waals surface area contributed by atoms with Gasteiger partial charge in [-0.15, -0.1) is 11.6 Å². The normalized spacial score (nSPS) is 10.4. The van der Waals surface area contributed by atoms with Gasteiger partial charge < -0.3 is 10.1 Å². The topological polar surface area (TPSA) is 34.1 Å². The summed E-state index contributed by atoms with van der Waals surface area (Å²) >= 11 is 5.45. The van der Waals surface area contributed by atoms with Gasteiger partial charge in [-0.2, -0.15) is 0 Å². The molecule has 0 aromatic carbocycles. The molecule has 0 saturated carbocycles. The molecule has 0 aliphatic heterocycles. The van der Waals surface area contributed by atoms with Crippen LogP contribution in [0.4, 0.5) is 0 Å². The summed E-state index contributed by atoms with van der Waals surface area (Å²) in [5.74, 6) is 0.556. The Morgan fingerprint density at radius 2 is 2.29 bits per heavy atom. The van der Waals surface area contributed by atoms with Gasteiger partial charge in [-0.25, -0.2) is 0 Å². The van der Waals surface area contributed by atoms with Crippen LogP contribution in [0.25, 0.3) is 0 Å². The number of alkyl halides is 1. The highest BCUT2D eigenvalue weighted by Crippen LogP contribution is 1.91. The van der Waals surface area contributed by atoms with Crippen molar-refractivity contribution >= 4 is 11.6 Å². The van der Waals surface area contributed by atoms with Crippen LogP contribution in [0, 0.1) is 0 Å². The Hall–Kier alpha value is -0.640. The zero-order chi connectivity index (χ0) is 10.1. The summed E-state index contributed by atoms with van der Waals surface area (Å²) in [6, 6.07) is 5.88. The van der Waals surface area contributed by atoms with Crippen molar-refractivity contribution in [3.63, 3.8) is 0 Å². The molecule has 1 N–H and O–H groups in total. The number of halogens is 1. The molecule has 4 heteroatoms. The van der Waals surface area contributed by atoms with Gasteiger partial charge >= 0.3 is 0 Å². The molecule has 0 atom stereocenters. The zero-order valence-corrected chi connectivity index (χ0v) is 8.83. The molecule has 1 aromatic rings. The van der Waals surface area contributed by atoms with Gasteiger partial charge in [-0.05, 0) is 12.1 Å². The van der Waals surface area contributed by atoms with Gasteiger partial charge in [0, 0.05) is 25.2 Å². The standard InChI is InChI=1S/C10H15ClN2O/c11-4-7-14-8-6-12-9-10-3-1-2-5-13-10/h1-3,5,12H,4,6-9H2. The maximum atomic E-state index is 5.45. The van der Waals surface area contributed by atoms with E-state index in [9.17, 15) is 0 Å². The lowest BCUT2D eigenvalue weighted by Crippen LogP contribution is -2.20. The van der Waals surface area contributed by atoms with E-state index in [0.717, 1.165) is 18.8 Å². The maximum absolute atomic E-state index is 5.45. The highest BCUT2D eigenvalue weighted by Gasteiger charge is 1.91. The van der Waals surface area contributed by atoms with Crippen molar-refractivity contribution in [1.82, 2.24) is 10.3 Å². The van der Waals surface area contributed by atoms with Crippen molar-refractivity contribution in [2.75, 3.05) is 25.6 Å². The van der Waals surface area contributed by atoms with Crippen molar-refractivity contribution in [2.45, 2.75) is 6.54 Å². The third-order valence-electron chi connectivity index (χ3n) is 1.68. The number of pyridine rings is 1. The smallest absolute Gasteiger partial charge is 0.0602 e. The second-order valence-electron chi connectivity index (χ2n) is 2.80. The minimum atomic E-state index is 0.556. The molecule has 1 heterocycles. The van der Waals surface area contributed by atoms with E-state index in [1.165, 1.54) is 0 Å². The number of ether oxygens (including phenoxy) is 1. The Morgan fingerprint density at radius 1 is 1.36 bits per heavy atom. The van der Waals surface area contributed by atoms with Crippen LogP contribution in [0.1, 0.15) is 5.69 Å². The van der Waals surface area contributed by atoms with Crippen LogP contribution in [0.15, 0.2) is 24.4 Å². The Morgan fingerprint density at radius 3 is 3.00 bits per heavy atom. The highest BCUT2D eigenvalue weighted by atomic mass is 35.5. The van der Waals surface area contributed by atoms with Crippen LogP contribution in [-0.4, -0.2) is 30.6 Å². The largest absolute Gasteiger partial charge is 0.379 e. The highest BCUT2D eigenvalue weighted by molar-refractivity contribution is 6.17. The fourth-order valence-electron chi connectivity index (χ4n) is 1.02. The molecule has 3 nitrogen and oxygen atoms in total. The molecule has 0 bridgehead atoms. The number of rotatable bonds is 7. The summed E-state index contributed by atoms with van der Waals surface area (Å²) in [5, 5.41) is 3.23. The molecule has 0 unspecified atom stereocenters. The second kappa shape index (κ2) is 7.74. The first-order chi connectivity index (χ1) is 6.93. The summed E-state index contributed by atoms with van der Waals surface area (Å²) in [6.45, 7) is 2.92. The fraction of sp³-hybridized carbons (Fsp3) is 0.500. The molecule has 0 fully saturated rings. The van der Waals surface area contributed by atoms with Crippen LogP contribution in [0.2, 0.25) is 0 Å². The third-order valence-corrected chi connectivity index (χ3v) is 1.83. The molecule has 0 aliphatic rings. The van der Waals surface area contributed by atoms with Crippen molar-refractivity contribution in [1.29, 1.82) is 0 Å². The number of aromatic nitrogens is 1. The summed E-state index contributed by atoms with van der Waals surface area (Å²) in [4.78, 5) is 4.19. The Kier molecular flexibility index (Phi) is 6.32. The summed E-state index contributed by atoms with van der Waals surface area (Å²) in [7, 11) is 0. The summed E-state index contributed by atoms with van der Waals surface area (Å²) < 4.78 is 5.21. The summed E-state index contributed by atoms with van der Waals surface area (Å²) in [5.41, 5.74) is 1.05. The van der Waals surface area contributed by atoms with E-state index < -0.39 is 0 Å². The third kappa shape index (κ3) is 5.17. The van der Waals surface area contributed by atoms with Gasteiger partial charge in [0.25, 0.3) is 0 Å². The van der Waals surface area contributed by atoms with E-state index in [1.807, 2.05) is 18.2 Å². The SMILES string of the molecule is ClCCOCCNCc1ccccn1. The van der Waals surface area contributed by atoms with Gasteiger partial charge in [0.1, 0.15) is 0 Å². The monoisotopic (exact) mass is 214 g/mol. The number of hydrogen-bond acceptors (Lipinski definition) is 3. The van der Waals surface area contributed by atoms with Gasteiger partial charge in [0.2, 0.25) is 0 Å². The van der Waals surface area contributed by atoms with Gasteiger partial charge in [0.15, 0.2) is 0 Å². The average molecular weight is 215 g/mol. The summed E-state index contributed by atoms with van der Waals surface area (Å²) in [6.07, 6.45) is 1.79. The van der Waals surface area contributed by atoms with Crippen LogP contribution in [-0.2, 0) is 11.3 Å². The minimum absolute atomic E-state index is 0.556. The molecule has 0 amide bonds. The molecule has 1 rings (SSSR count). The fourth-order valence-corrected chi connectivity index (χ4v) is 1.13. The minimum Gasteiger partial charge on any atom is -0.379 e. The van der Waals surface area contributed by atoms with Crippen molar-refractivity contribution < 1.29 is 4.74 Å². The quantitative estimate of drug-likeness (QED) is 0.551. The number of nitrogens with one attached hydrogen (secondary N) is 1. The van der Waals surface area contributed by atoms with Gasteiger partial charge in [0.05, 0.1) is 18.9 Å². The first-order valence-electron chi connectivity index (χ1n) is 4.68. The predicted molar refractivity (Wildman–Crippen MR) is 57.5 cm³/mol. The van der Waals surface area contributed by atoms with E-state index >= 15 is 0 Å². The lowest BCUT2D eigenvalue weighted by atomic mass is 10.3. The maximum Gasteiger partial charge on any atom is 0.0602 e. The first kappa shape index (κ1) is 11.4. The van der Waals surface area contributed by atoms with Crippen molar-refractivity contribution in [2.24, 2.45) is 0 Å². The van der Waals surface area contributed by atoms with E-state index in [0.29, 0.717) is 19.1 Å². The molecular formula is C10H15ClN2O. The van der Waals surface area contributed by atoms with Crippen molar-refractivity contribution in [3.8, 4) is 0 Å². The predicted octanol–water partition coefficient (Wildman–Crippen LogP) is 1.43. The Balaban J connectivity index is 1.99. The van der Waals surface area contributed by atoms with Gasteiger partial charge in [-0.3, -0.25) is 4.98 Å². The van der Waals surface area contributed by atoms with Crippen LogP contribution >= 0.6 is 11.6 Å². The molecule has 0 saturated heterocycles. The number of hydrogen-bond donors (Lipinski definition) is 1. The van der Waals surface area contributed by atoms with E-state index in [-0.39, 0.29) is 0 Å². The lowest BCUT2D eigenvalue weighted by molar-refractivity contribution is 0.150. The molecular weight excluding hydrogens is 200 g/mol. The second-order valence-corrected chi connectivity index (χ2v) is 3.18. The first-order valence-corrected chi connectivity index (χ1v) is 5.21. The molecule has 0 radical (unpaired) electrons. The van der Waals surface area contributed by atoms with Crippen molar-refractivity contribution in [3.05, 3.63) is 30.1 Å². The molecule has 14 heavy (non-hydrogen) atoms.